The molecular weight excluding hydrogens is 320 g/mol. The van der Waals surface area contributed by atoms with Crippen molar-refractivity contribution < 1.29 is 19.1 Å². The van der Waals surface area contributed by atoms with Gasteiger partial charge in [0.2, 0.25) is 11.8 Å². The molecule has 1 N–H and O–H groups in total. The minimum atomic E-state index is -0.131. The highest BCUT2D eigenvalue weighted by atomic mass is 16.5. The van der Waals surface area contributed by atoms with E-state index in [0.717, 1.165) is 31.2 Å². The van der Waals surface area contributed by atoms with Gasteiger partial charge in [0.25, 0.3) is 0 Å². The molecule has 0 spiro atoms. The lowest BCUT2D eigenvalue weighted by atomic mass is 9.89. The van der Waals surface area contributed by atoms with Gasteiger partial charge in [-0.25, -0.2) is 0 Å². The molecule has 0 aliphatic heterocycles. The van der Waals surface area contributed by atoms with Gasteiger partial charge in [0, 0.05) is 25.1 Å². The maximum absolute atomic E-state index is 12.3. The Bertz CT molecular complexity index is 597. The van der Waals surface area contributed by atoms with Crippen LogP contribution in [0.2, 0.25) is 0 Å². The van der Waals surface area contributed by atoms with E-state index >= 15 is 0 Å². The van der Waals surface area contributed by atoms with Gasteiger partial charge in [-0.15, -0.1) is 0 Å². The topological polar surface area (TPSA) is 67.9 Å². The van der Waals surface area contributed by atoms with Crippen LogP contribution in [0.3, 0.4) is 0 Å². The number of para-hydroxylation sites is 1. The first-order chi connectivity index (χ1) is 12.1. The highest BCUT2D eigenvalue weighted by Crippen LogP contribution is 2.31. The number of likely N-dealkylation sites (N-methyl/N-ethyl adjacent to an activating group) is 1. The molecule has 2 amide bonds. The summed E-state index contributed by atoms with van der Waals surface area (Å²) in [4.78, 5) is 26.1. The molecule has 1 fully saturated rings. The Hall–Kier alpha value is -2.24. The number of methoxy groups -OCH3 is 2. The smallest absolute Gasteiger partial charge is 0.242 e. The number of rotatable bonds is 7. The third kappa shape index (κ3) is 5.11. The number of hydrogen-bond acceptors (Lipinski definition) is 4. The van der Waals surface area contributed by atoms with Gasteiger partial charge in [0.15, 0.2) is 11.5 Å². The Morgan fingerprint density at radius 1 is 1.16 bits per heavy atom. The summed E-state index contributed by atoms with van der Waals surface area (Å²) in [6.07, 6.45) is 5.25. The standard InChI is InChI=1S/C19H28N2O4/c1-21(13-15-10-7-11-16(24-2)18(15)25-3)17(22)12-20-19(23)14-8-5-4-6-9-14/h7,10-11,14H,4-6,8-9,12-13H2,1-3H3,(H,20,23). The van der Waals surface area contributed by atoms with Crippen LogP contribution in [0.1, 0.15) is 37.7 Å². The molecule has 6 nitrogen and oxygen atoms in total. The molecule has 1 saturated carbocycles. The number of amides is 2. The van der Waals surface area contributed by atoms with Crippen molar-refractivity contribution in [1.82, 2.24) is 10.2 Å². The third-order valence-electron chi connectivity index (χ3n) is 4.71. The van der Waals surface area contributed by atoms with Crippen LogP contribution in [0.5, 0.6) is 11.5 Å². The number of benzene rings is 1. The number of carbonyl (C=O) groups is 2. The van der Waals surface area contributed by atoms with Gasteiger partial charge < -0.3 is 19.7 Å². The summed E-state index contributed by atoms with van der Waals surface area (Å²) in [7, 11) is 4.87. The maximum Gasteiger partial charge on any atom is 0.242 e. The molecular formula is C19H28N2O4. The lowest BCUT2D eigenvalue weighted by Crippen LogP contribution is -2.40. The Labute approximate surface area is 149 Å². The monoisotopic (exact) mass is 348 g/mol. The Balaban J connectivity index is 1.89. The second-order valence-corrected chi connectivity index (χ2v) is 6.46. The van der Waals surface area contributed by atoms with Crippen molar-refractivity contribution >= 4 is 11.8 Å². The second kappa shape index (κ2) is 9.30. The van der Waals surface area contributed by atoms with Crippen LogP contribution in [-0.4, -0.2) is 44.5 Å². The van der Waals surface area contributed by atoms with Crippen LogP contribution in [0.25, 0.3) is 0 Å². The van der Waals surface area contributed by atoms with Crippen molar-refractivity contribution in [2.75, 3.05) is 27.8 Å². The fourth-order valence-electron chi connectivity index (χ4n) is 3.23. The van der Waals surface area contributed by atoms with Crippen LogP contribution >= 0.6 is 0 Å². The molecule has 0 atom stereocenters. The molecule has 0 unspecified atom stereocenters. The zero-order valence-electron chi connectivity index (χ0n) is 15.3. The van der Waals surface area contributed by atoms with Crippen LogP contribution in [0.15, 0.2) is 18.2 Å². The molecule has 0 heterocycles. The molecule has 1 aliphatic rings. The van der Waals surface area contributed by atoms with Crippen molar-refractivity contribution in [1.29, 1.82) is 0 Å². The van der Waals surface area contributed by atoms with Crippen molar-refractivity contribution in [2.45, 2.75) is 38.6 Å². The van der Waals surface area contributed by atoms with E-state index < -0.39 is 0 Å². The molecule has 6 heteroatoms. The summed E-state index contributed by atoms with van der Waals surface area (Å²) in [6, 6.07) is 5.57. The summed E-state index contributed by atoms with van der Waals surface area (Å²) >= 11 is 0. The highest BCUT2D eigenvalue weighted by molar-refractivity contribution is 5.85. The van der Waals surface area contributed by atoms with Crippen LogP contribution in [0.4, 0.5) is 0 Å². The number of nitrogens with one attached hydrogen (secondary N) is 1. The van der Waals surface area contributed by atoms with E-state index in [9.17, 15) is 9.59 Å². The normalized spacial score (nSPS) is 14.7. The van der Waals surface area contributed by atoms with Crippen molar-refractivity contribution in [3.63, 3.8) is 0 Å². The van der Waals surface area contributed by atoms with Gasteiger partial charge in [-0.1, -0.05) is 31.4 Å². The second-order valence-electron chi connectivity index (χ2n) is 6.46. The molecule has 2 rings (SSSR count). The van der Waals surface area contributed by atoms with E-state index in [1.165, 1.54) is 6.42 Å². The summed E-state index contributed by atoms with van der Waals surface area (Å²) in [5.74, 6) is 1.18. The third-order valence-corrected chi connectivity index (χ3v) is 4.71. The van der Waals surface area contributed by atoms with Gasteiger partial charge in [-0.05, 0) is 18.9 Å². The minimum absolute atomic E-state index is 0.000380. The highest BCUT2D eigenvalue weighted by Gasteiger charge is 2.22. The Morgan fingerprint density at radius 3 is 2.52 bits per heavy atom. The molecule has 0 saturated heterocycles. The van der Waals surface area contributed by atoms with E-state index in [4.69, 9.17) is 9.47 Å². The van der Waals surface area contributed by atoms with Gasteiger partial charge in [-0.2, -0.15) is 0 Å². The van der Waals surface area contributed by atoms with Crippen LogP contribution < -0.4 is 14.8 Å². The lowest BCUT2D eigenvalue weighted by Gasteiger charge is -2.22. The van der Waals surface area contributed by atoms with E-state index in [1.807, 2.05) is 18.2 Å². The predicted octanol–water partition coefficient (Wildman–Crippen LogP) is 2.36. The fourth-order valence-corrected chi connectivity index (χ4v) is 3.23. The number of nitrogens with zero attached hydrogens (tertiary/aromatic N) is 1. The first kappa shape index (κ1) is 19.1. The van der Waals surface area contributed by atoms with Gasteiger partial charge in [-0.3, -0.25) is 9.59 Å². The van der Waals surface area contributed by atoms with Crippen LogP contribution in [0, 0.1) is 5.92 Å². The molecule has 0 radical (unpaired) electrons. The minimum Gasteiger partial charge on any atom is -0.493 e. The molecule has 1 aromatic carbocycles. The van der Waals surface area contributed by atoms with Crippen LogP contribution in [-0.2, 0) is 16.1 Å². The summed E-state index contributed by atoms with van der Waals surface area (Å²) < 4.78 is 10.7. The predicted molar refractivity (Wildman–Crippen MR) is 95.6 cm³/mol. The van der Waals surface area contributed by atoms with Crippen molar-refractivity contribution in [2.24, 2.45) is 5.92 Å². The first-order valence-corrected chi connectivity index (χ1v) is 8.78. The van der Waals surface area contributed by atoms with E-state index in [1.54, 1.807) is 26.2 Å². The largest absolute Gasteiger partial charge is 0.493 e. The first-order valence-electron chi connectivity index (χ1n) is 8.78. The van der Waals surface area contributed by atoms with Gasteiger partial charge >= 0.3 is 0 Å². The molecule has 0 aromatic heterocycles. The zero-order valence-corrected chi connectivity index (χ0v) is 15.3. The average molecular weight is 348 g/mol. The van der Waals surface area contributed by atoms with Gasteiger partial charge in [0.1, 0.15) is 0 Å². The molecule has 25 heavy (non-hydrogen) atoms. The summed E-state index contributed by atoms with van der Waals surface area (Å²) in [6.45, 7) is 0.413. The molecule has 1 aromatic rings. The Kier molecular flexibility index (Phi) is 7.10. The average Bonchev–Trinajstić information content (AvgIpc) is 2.66. The molecule has 1 aliphatic carbocycles. The molecule has 138 valence electrons. The van der Waals surface area contributed by atoms with E-state index in [2.05, 4.69) is 5.32 Å². The van der Waals surface area contributed by atoms with E-state index in [0.29, 0.717) is 18.0 Å². The number of carbonyl (C=O) groups excluding carboxylic acids is 2. The van der Waals surface area contributed by atoms with E-state index in [-0.39, 0.29) is 24.3 Å². The Morgan fingerprint density at radius 2 is 1.88 bits per heavy atom. The summed E-state index contributed by atoms with van der Waals surface area (Å²) in [5, 5.41) is 2.78. The SMILES string of the molecule is COc1cccc(CN(C)C(=O)CNC(=O)C2CCCCC2)c1OC. The number of hydrogen-bond donors (Lipinski definition) is 1. The quantitative estimate of drug-likeness (QED) is 0.821. The zero-order chi connectivity index (χ0) is 18.2. The molecule has 0 bridgehead atoms. The van der Waals surface area contributed by atoms with Crippen molar-refractivity contribution in [3.8, 4) is 11.5 Å². The van der Waals surface area contributed by atoms with Crippen molar-refractivity contribution in [3.05, 3.63) is 23.8 Å². The maximum atomic E-state index is 12.3. The fraction of sp³-hybridized carbons (Fsp3) is 0.579. The van der Waals surface area contributed by atoms with Gasteiger partial charge in [0.05, 0.1) is 20.8 Å². The number of ether oxygens (including phenoxy) is 2. The lowest BCUT2D eigenvalue weighted by molar-refractivity contribution is -0.133. The summed E-state index contributed by atoms with van der Waals surface area (Å²) in [5.41, 5.74) is 0.858.